The van der Waals surface area contributed by atoms with Gasteiger partial charge in [-0.2, -0.15) is 0 Å². The number of nitrogens with zero attached hydrogens (tertiary/aromatic N) is 4. The summed E-state index contributed by atoms with van der Waals surface area (Å²) in [7, 11) is 0. The second kappa shape index (κ2) is 8.88. The summed E-state index contributed by atoms with van der Waals surface area (Å²) in [5, 5.41) is 2.98. The number of amides is 1. The summed E-state index contributed by atoms with van der Waals surface area (Å²) in [5.74, 6) is 0.0115. The highest BCUT2D eigenvalue weighted by molar-refractivity contribution is 5.92. The van der Waals surface area contributed by atoms with E-state index >= 15 is 0 Å². The van der Waals surface area contributed by atoms with Crippen molar-refractivity contribution in [3.05, 3.63) is 47.5 Å². The van der Waals surface area contributed by atoms with E-state index in [1.807, 2.05) is 32.0 Å². The van der Waals surface area contributed by atoms with Gasteiger partial charge in [-0.05, 0) is 24.1 Å². The Labute approximate surface area is 159 Å². The van der Waals surface area contributed by atoms with Crippen molar-refractivity contribution >= 4 is 11.9 Å². The molecule has 1 aliphatic rings. The second-order valence-corrected chi connectivity index (χ2v) is 6.82. The number of rotatable bonds is 6. The molecule has 0 saturated carbocycles. The van der Waals surface area contributed by atoms with Crippen LogP contribution in [0.15, 0.2) is 30.5 Å². The number of hydrogen-bond donors (Lipinski definition) is 2. The predicted molar refractivity (Wildman–Crippen MR) is 102 cm³/mol. The molecular formula is C19H26N6O2. The van der Waals surface area contributed by atoms with Gasteiger partial charge in [0.15, 0.2) is 0 Å². The fraction of sp³-hybridized carbons (Fsp3) is 0.474. The van der Waals surface area contributed by atoms with Crippen molar-refractivity contribution in [2.45, 2.75) is 25.8 Å². The summed E-state index contributed by atoms with van der Waals surface area (Å²) in [6, 6.07) is 7.49. The summed E-state index contributed by atoms with van der Waals surface area (Å²) < 4.78 is 5.45. The number of hydrogen-bond acceptors (Lipinski definition) is 7. The van der Waals surface area contributed by atoms with Crippen LogP contribution in [0.5, 0.6) is 0 Å². The van der Waals surface area contributed by atoms with Crippen LogP contribution in [0.4, 0.5) is 5.95 Å². The molecule has 3 N–H and O–H groups in total. The molecule has 0 bridgehead atoms. The van der Waals surface area contributed by atoms with E-state index in [1.54, 1.807) is 12.3 Å². The average molecular weight is 370 g/mol. The third-order valence-electron chi connectivity index (χ3n) is 4.56. The predicted octanol–water partition coefficient (Wildman–Crippen LogP) is 1.38. The first-order valence-electron chi connectivity index (χ1n) is 9.20. The Kier molecular flexibility index (Phi) is 6.31. The van der Waals surface area contributed by atoms with Crippen molar-refractivity contribution in [3.8, 4) is 0 Å². The number of carbonyl (C=O) groups excluding carboxylic acids is 1. The molecular weight excluding hydrogens is 344 g/mol. The van der Waals surface area contributed by atoms with Gasteiger partial charge in [0.1, 0.15) is 5.69 Å². The highest BCUT2D eigenvalue weighted by Crippen LogP contribution is 2.19. The quantitative estimate of drug-likeness (QED) is 0.791. The average Bonchev–Trinajstić information content (AvgIpc) is 2.69. The van der Waals surface area contributed by atoms with Gasteiger partial charge in [-0.3, -0.25) is 14.7 Å². The van der Waals surface area contributed by atoms with Gasteiger partial charge < -0.3 is 15.8 Å². The van der Waals surface area contributed by atoms with Crippen LogP contribution in [0.3, 0.4) is 0 Å². The zero-order valence-corrected chi connectivity index (χ0v) is 15.8. The number of carbonyl (C=O) groups is 1. The molecule has 3 heterocycles. The number of nitrogens with two attached hydrogens (primary N) is 1. The maximum Gasteiger partial charge on any atom is 0.270 e. The normalized spacial score (nSPS) is 16.3. The summed E-state index contributed by atoms with van der Waals surface area (Å²) in [5.41, 5.74) is 7.72. The van der Waals surface area contributed by atoms with Crippen molar-refractivity contribution in [3.63, 3.8) is 0 Å². The van der Waals surface area contributed by atoms with E-state index in [-0.39, 0.29) is 29.5 Å². The number of nitrogen functional groups attached to an aromatic ring is 1. The van der Waals surface area contributed by atoms with Crippen LogP contribution in [0.25, 0.3) is 0 Å². The Balaban J connectivity index is 1.74. The fourth-order valence-corrected chi connectivity index (χ4v) is 3.06. The van der Waals surface area contributed by atoms with Gasteiger partial charge in [-0.15, -0.1) is 0 Å². The van der Waals surface area contributed by atoms with E-state index in [4.69, 9.17) is 10.5 Å². The van der Waals surface area contributed by atoms with Crippen LogP contribution in [0.2, 0.25) is 0 Å². The molecule has 1 saturated heterocycles. The molecule has 0 spiro atoms. The Morgan fingerprint density at radius 2 is 2.04 bits per heavy atom. The maximum atomic E-state index is 12.7. The number of pyridine rings is 1. The van der Waals surface area contributed by atoms with E-state index in [2.05, 4.69) is 25.2 Å². The molecule has 1 aliphatic heterocycles. The molecule has 0 unspecified atom stereocenters. The molecule has 0 radical (unpaired) electrons. The minimum atomic E-state index is -0.264. The monoisotopic (exact) mass is 370 g/mol. The second-order valence-electron chi connectivity index (χ2n) is 6.82. The SMILES string of the molecule is CC(C)c1cc(C(=O)NC[C@@H](c2ccccn2)N2CCOCC2)nc(N)n1. The topological polar surface area (TPSA) is 106 Å². The molecule has 8 nitrogen and oxygen atoms in total. The van der Waals surface area contributed by atoms with E-state index in [0.29, 0.717) is 19.8 Å². The standard InChI is InChI=1S/C19H26N6O2/c1-13(2)15-11-16(24-19(20)23-15)18(26)22-12-17(14-5-3-4-6-21-14)25-7-9-27-10-8-25/h3-6,11,13,17H,7-10,12H2,1-2H3,(H,22,26)(H2,20,23,24)/t17-/m0/s1. The lowest BCUT2D eigenvalue weighted by Gasteiger charge is -2.34. The van der Waals surface area contributed by atoms with Crippen molar-refractivity contribution in [2.75, 3.05) is 38.6 Å². The lowest BCUT2D eigenvalue weighted by molar-refractivity contribution is 0.0153. The van der Waals surface area contributed by atoms with Crippen LogP contribution in [-0.4, -0.2) is 58.6 Å². The minimum Gasteiger partial charge on any atom is -0.379 e. The smallest absolute Gasteiger partial charge is 0.270 e. The largest absolute Gasteiger partial charge is 0.379 e. The van der Waals surface area contributed by atoms with E-state index < -0.39 is 0 Å². The van der Waals surface area contributed by atoms with Crippen molar-refractivity contribution < 1.29 is 9.53 Å². The van der Waals surface area contributed by atoms with Crippen LogP contribution in [0, 0.1) is 0 Å². The summed E-state index contributed by atoms with van der Waals surface area (Å²) in [4.78, 5) is 27.7. The van der Waals surface area contributed by atoms with E-state index in [9.17, 15) is 4.79 Å². The molecule has 27 heavy (non-hydrogen) atoms. The number of aromatic nitrogens is 3. The first-order valence-corrected chi connectivity index (χ1v) is 9.20. The first kappa shape index (κ1) is 19.2. The highest BCUT2D eigenvalue weighted by Gasteiger charge is 2.24. The molecule has 0 aliphatic carbocycles. The minimum absolute atomic E-state index is 0.0252. The van der Waals surface area contributed by atoms with Crippen molar-refractivity contribution in [1.82, 2.24) is 25.2 Å². The van der Waals surface area contributed by atoms with Crippen LogP contribution >= 0.6 is 0 Å². The number of anilines is 1. The number of morpholine rings is 1. The molecule has 1 fully saturated rings. The van der Waals surface area contributed by atoms with Crippen LogP contribution < -0.4 is 11.1 Å². The van der Waals surface area contributed by atoms with Crippen LogP contribution in [-0.2, 0) is 4.74 Å². The molecule has 144 valence electrons. The molecule has 0 aromatic carbocycles. The van der Waals surface area contributed by atoms with Gasteiger partial charge in [0.2, 0.25) is 5.95 Å². The Morgan fingerprint density at radius 1 is 1.26 bits per heavy atom. The molecule has 2 aromatic rings. The molecule has 1 atom stereocenters. The molecule has 3 rings (SSSR count). The fourth-order valence-electron chi connectivity index (χ4n) is 3.06. The van der Waals surface area contributed by atoms with Gasteiger partial charge >= 0.3 is 0 Å². The van der Waals surface area contributed by atoms with Gasteiger partial charge in [-0.25, -0.2) is 9.97 Å². The summed E-state index contributed by atoms with van der Waals surface area (Å²) >= 11 is 0. The highest BCUT2D eigenvalue weighted by atomic mass is 16.5. The summed E-state index contributed by atoms with van der Waals surface area (Å²) in [6.07, 6.45) is 1.77. The van der Waals surface area contributed by atoms with Crippen LogP contribution in [0.1, 0.15) is 47.7 Å². The third-order valence-corrected chi connectivity index (χ3v) is 4.56. The first-order chi connectivity index (χ1) is 13.0. The lowest BCUT2D eigenvalue weighted by Crippen LogP contribution is -2.44. The molecule has 8 heteroatoms. The third kappa shape index (κ3) is 4.99. The van der Waals surface area contributed by atoms with E-state index in [1.165, 1.54) is 0 Å². The van der Waals surface area contributed by atoms with Gasteiger partial charge in [-0.1, -0.05) is 19.9 Å². The Hall–Kier alpha value is -2.58. The Morgan fingerprint density at radius 3 is 2.70 bits per heavy atom. The lowest BCUT2D eigenvalue weighted by atomic mass is 10.1. The van der Waals surface area contributed by atoms with Crippen molar-refractivity contribution in [2.24, 2.45) is 0 Å². The Bertz CT molecular complexity index is 762. The van der Waals surface area contributed by atoms with Gasteiger partial charge in [0, 0.05) is 31.5 Å². The van der Waals surface area contributed by atoms with Crippen molar-refractivity contribution in [1.29, 1.82) is 0 Å². The zero-order valence-electron chi connectivity index (χ0n) is 15.8. The maximum absolute atomic E-state index is 12.7. The molecule has 1 amide bonds. The summed E-state index contributed by atoms with van der Waals surface area (Å²) in [6.45, 7) is 7.38. The number of nitrogens with one attached hydrogen (secondary N) is 1. The molecule has 2 aromatic heterocycles. The zero-order chi connectivity index (χ0) is 19.2. The van der Waals surface area contributed by atoms with Gasteiger partial charge in [0.25, 0.3) is 5.91 Å². The number of ether oxygens (including phenoxy) is 1. The van der Waals surface area contributed by atoms with E-state index in [0.717, 1.165) is 24.5 Å². The van der Waals surface area contributed by atoms with Gasteiger partial charge in [0.05, 0.1) is 24.9 Å².